The van der Waals surface area contributed by atoms with E-state index in [-0.39, 0.29) is 38.4 Å². The molecule has 1 amide bonds. The maximum absolute atomic E-state index is 14.8. The Labute approximate surface area is 308 Å². The van der Waals surface area contributed by atoms with Crippen LogP contribution >= 0.6 is 11.8 Å². The molecule has 11 nitrogen and oxygen atoms in total. The Morgan fingerprint density at radius 3 is 2.38 bits per heavy atom. The third kappa shape index (κ3) is 9.94. The molecule has 1 aliphatic rings. The first-order valence-corrected chi connectivity index (χ1v) is 17.9. The van der Waals surface area contributed by atoms with Crippen LogP contribution in [-0.2, 0) is 32.2 Å². The number of esters is 1. The van der Waals surface area contributed by atoms with Crippen LogP contribution < -0.4 is 10.1 Å². The molecule has 0 saturated carbocycles. The maximum atomic E-state index is 14.8. The van der Waals surface area contributed by atoms with Gasteiger partial charge in [0.15, 0.2) is 11.6 Å². The van der Waals surface area contributed by atoms with E-state index in [2.05, 4.69) is 15.3 Å². The first kappa shape index (κ1) is 38.0. The molecule has 5 rings (SSSR count). The number of carbonyl (C=O) groups is 2. The molecule has 1 heterocycles. The fourth-order valence-electron chi connectivity index (χ4n) is 5.77. The number of benzene rings is 4. The Morgan fingerprint density at radius 1 is 0.981 bits per heavy atom. The van der Waals surface area contributed by atoms with E-state index < -0.39 is 29.1 Å². The molecule has 270 valence electrons. The van der Waals surface area contributed by atoms with Gasteiger partial charge in [0.05, 0.1) is 13.2 Å². The topological polar surface area (TPSA) is 155 Å². The lowest BCUT2D eigenvalue weighted by Gasteiger charge is -2.32. The number of carbonyl (C=O) groups excluding carboxylic acids is 2. The minimum atomic E-state index is -1.61. The van der Waals surface area contributed by atoms with Crippen molar-refractivity contribution >= 4 is 29.5 Å². The first-order valence-electron chi connectivity index (χ1n) is 17.1. The molecular weight excluding hydrogens is 679 g/mol. The van der Waals surface area contributed by atoms with Gasteiger partial charge < -0.3 is 24.6 Å². The van der Waals surface area contributed by atoms with Crippen LogP contribution in [0.3, 0.4) is 0 Å². The van der Waals surface area contributed by atoms with Gasteiger partial charge in [-0.2, -0.15) is 0 Å². The van der Waals surface area contributed by atoms with E-state index in [1.165, 1.54) is 0 Å². The van der Waals surface area contributed by atoms with Gasteiger partial charge in [0.1, 0.15) is 11.4 Å². The Balaban J connectivity index is 1.55. The lowest BCUT2D eigenvalue weighted by atomic mass is 9.81. The molecule has 1 aliphatic heterocycles. The minimum absolute atomic E-state index is 0.0234. The second-order valence-electron chi connectivity index (χ2n) is 13.2. The summed E-state index contributed by atoms with van der Waals surface area (Å²) in [4.78, 5) is 38.0. The van der Waals surface area contributed by atoms with E-state index in [0.717, 1.165) is 15.4 Å². The molecule has 2 N–H and O–H groups in total. The van der Waals surface area contributed by atoms with Crippen molar-refractivity contribution in [2.75, 3.05) is 13.2 Å². The number of amides is 1. The van der Waals surface area contributed by atoms with Gasteiger partial charge in [-0.3, -0.25) is 9.59 Å². The smallest absolute Gasteiger partial charge is 0.306 e. The zero-order valence-electron chi connectivity index (χ0n) is 29.5. The zero-order chi connectivity index (χ0) is 37.0. The molecule has 0 unspecified atom stereocenters. The molecule has 0 spiro atoms. The van der Waals surface area contributed by atoms with Crippen LogP contribution in [0.25, 0.3) is 10.4 Å². The second kappa shape index (κ2) is 17.8. The molecule has 4 aromatic carbocycles. The zero-order valence-corrected chi connectivity index (χ0v) is 30.3. The number of aliphatic hydroxyl groups excluding tert-OH is 1. The first-order chi connectivity index (χ1) is 25.1. The molecule has 0 aliphatic carbocycles. The van der Waals surface area contributed by atoms with Gasteiger partial charge in [0, 0.05) is 46.3 Å². The average molecular weight is 722 g/mol. The van der Waals surface area contributed by atoms with E-state index in [9.17, 15) is 9.59 Å². The fourth-order valence-corrected chi connectivity index (χ4v) is 6.73. The number of rotatable bonds is 16. The standard InChI is InChI=1S/C40H43N5O6S/c1-39(2,3)51-35(47)22-23-40(38(48)42-26-30-13-8-10-17-34(30)52-32-14-5-4-6-15-32)36(33-16-9-7-12-29(33)27-43-45-41)50-37(44-40)28-18-20-31(21-19-28)49-25-11-24-46/h4-10,12-21,36,46H,11,22-27H2,1-3H3,(H,42,48)/t36-,40-/m1/s1. The van der Waals surface area contributed by atoms with Crippen molar-refractivity contribution in [1.82, 2.24) is 5.32 Å². The van der Waals surface area contributed by atoms with Crippen LogP contribution in [0.1, 0.15) is 68.4 Å². The predicted molar refractivity (Wildman–Crippen MR) is 200 cm³/mol. The van der Waals surface area contributed by atoms with E-state index in [4.69, 9.17) is 29.8 Å². The highest BCUT2D eigenvalue weighted by molar-refractivity contribution is 7.99. The summed E-state index contributed by atoms with van der Waals surface area (Å²) in [5.41, 5.74) is 9.59. The van der Waals surface area contributed by atoms with Crippen molar-refractivity contribution in [3.63, 3.8) is 0 Å². The summed E-state index contributed by atoms with van der Waals surface area (Å²) < 4.78 is 18.0. The number of aliphatic hydroxyl groups is 1. The summed E-state index contributed by atoms with van der Waals surface area (Å²) in [7, 11) is 0. The second-order valence-corrected chi connectivity index (χ2v) is 14.3. The van der Waals surface area contributed by atoms with Crippen LogP contribution in [0.4, 0.5) is 0 Å². The molecule has 0 radical (unpaired) electrons. The molecule has 0 fully saturated rings. The monoisotopic (exact) mass is 721 g/mol. The lowest BCUT2D eigenvalue weighted by Crippen LogP contribution is -2.48. The maximum Gasteiger partial charge on any atom is 0.306 e. The predicted octanol–water partition coefficient (Wildman–Crippen LogP) is 8.10. The molecule has 0 aromatic heterocycles. The van der Waals surface area contributed by atoms with E-state index in [1.54, 1.807) is 56.8 Å². The third-order valence-corrected chi connectivity index (χ3v) is 9.31. The van der Waals surface area contributed by atoms with E-state index in [0.29, 0.717) is 35.5 Å². The fraction of sp³-hybridized carbons (Fsp3) is 0.325. The van der Waals surface area contributed by atoms with Crippen molar-refractivity contribution in [3.8, 4) is 5.75 Å². The van der Waals surface area contributed by atoms with E-state index in [1.807, 2.05) is 78.9 Å². The summed E-state index contributed by atoms with van der Waals surface area (Å²) >= 11 is 1.60. The van der Waals surface area contributed by atoms with Gasteiger partial charge in [-0.05, 0) is 91.9 Å². The van der Waals surface area contributed by atoms with Crippen molar-refractivity contribution < 1.29 is 28.9 Å². The van der Waals surface area contributed by atoms with Crippen LogP contribution in [0.5, 0.6) is 5.75 Å². The Hall–Kier alpha value is -5.29. The van der Waals surface area contributed by atoms with Gasteiger partial charge in [-0.25, -0.2) is 4.99 Å². The summed E-state index contributed by atoms with van der Waals surface area (Å²) in [5.74, 6) is -0.0885. The van der Waals surface area contributed by atoms with E-state index >= 15 is 0 Å². The summed E-state index contributed by atoms with van der Waals surface area (Å²) in [6.07, 6.45) is -0.623. The SMILES string of the molecule is CC(C)(C)OC(=O)CC[C@@]1(C(=O)NCc2ccccc2Sc2ccccc2)N=C(c2ccc(OCCCO)cc2)O[C@@H]1c1ccccc1CN=[N+]=[N-]. The van der Waals surface area contributed by atoms with Crippen LogP contribution in [-0.4, -0.2) is 47.2 Å². The van der Waals surface area contributed by atoms with Crippen molar-refractivity contribution in [1.29, 1.82) is 0 Å². The van der Waals surface area contributed by atoms with Gasteiger partial charge in [-0.1, -0.05) is 77.5 Å². The molecule has 12 heteroatoms. The molecule has 2 atom stereocenters. The normalized spacial score (nSPS) is 16.6. The van der Waals surface area contributed by atoms with Crippen molar-refractivity contribution in [3.05, 3.63) is 136 Å². The van der Waals surface area contributed by atoms with Gasteiger partial charge in [-0.15, -0.1) is 0 Å². The highest BCUT2D eigenvalue weighted by atomic mass is 32.2. The number of nitrogens with one attached hydrogen (secondary N) is 1. The van der Waals surface area contributed by atoms with Crippen LogP contribution in [0, 0.1) is 0 Å². The molecular formula is C40H43N5O6S. The van der Waals surface area contributed by atoms with Gasteiger partial charge in [0.2, 0.25) is 5.90 Å². The number of hydrogen-bond acceptors (Lipinski definition) is 9. The van der Waals surface area contributed by atoms with Crippen molar-refractivity contribution in [2.45, 2.75) is 80.2 Å². The van der Waals surface area contributed by atoms with Crippen molar-refractivity contribution in [2.24, 2.45) is 10.1 Å². The number of hydrogen-bond donors (Lipinski definition) is 2. The molecule has 4 aromatic rings. The van der Waals surface area contributed by atoms with Gasteiger partial charge in [0.25, 0.3) is 5.91 Å². The Bertz CT molecular complexity index is 1910. The summed E-state index contributed by atoms with van der Waals surface area (Å²) in [6.45, 7) is 5.97. The quantitative estimate of drug-likeness (QED) is 0.0389. The van der Waals surface area contributed by atoms with Crippen LogP contribution in [0.2, 0.25) is 0 Å². The minimum Gasteiger partial charge on any atom is -0.494 e. The Morgan fingerprint density at radius 2 is 1.67 bits per heavy atom. The lowest BCUT2D eigenvalue weighted by molar-refractivity contribution is -0.155. The molecule has 52 heavy (non-hydrogen) atoms. The molecule has 0 bridgehead atoms. The van der Waals surface area contributed by atoms with Crippen LogP contribution in [0.15, 0.2) is 123 Å². The summed E-state index contributed by atoms with van der Waals surface area (Å²) in [6, 6.07) is 32.3. The average Bonchev–Trinajstić information content (AvgIpc) is 3.53. The largest absolute Gasteiger partial charge is 0.494 e. The molecule has 0 saturated heterocycles. The Kier molecular flexibility index (Phi) is 13.0. The summed E-state index contributed by atoms with van der Waals surface area (Å²) in [5, 5.41) is 16.1. The number of nitrogens with zero attached hydrogens (tertiary/aromatic N) is 4. The highest BCUT2D eigenvalue weighted by Gasteiger charge is 2.53. The third-order valence-electron chi connectivity index (χ3n) is 8.19. The number of ether oxygens (including phenoxy) is 3. The van der Waals surface area contributed by atoms with Gasteiger partial charge >= 0.3 is 5.97 Å². The highest BCUT2D eigenvalue weighted by Crippen LogP contribution is 2.45. The number of azide groups is 1. The number of aliphatic imine (C=N–C) groups is 1.